The molecule has 2 nitrogen and oxygen atoms in total. The molecule has 138 valence electrons. The van der Waals surface area contributed by atoms with Gasteiger partial charge in [0.25, 0.3) is 0 Å². The molecule has 0 aromatic heterocycles. The van der Waals surface area contributed by atoms with E-state index in [4.69, 9.17) is 17.5 Å². The van der Waals surface area contributed by atoms with Crippen LogP contribution in [0.1, 0.15) is 44.1 Å². The number of hydrogen-bond donors (Lipinski definition) is 1. The number of aryl methyl sites for hydroxylation is 1. The molecule has 3 aromatic carbocycles. The number of thiol groups is 1. The standard InChI is InChI=1S/C24H19NOS2/c1-16-7-12-20(24(26)28)21(15-16)22(18-5-3-2-4-6-18)23(27)19-10-8-17(9-11-19)13-14-25/h2-12,15,22H,13H2,1H3,(H,26,28). The Labute approximate surface area is 176 Å². The fourth-order valence-electron chi connectivity index (χ4n) is 3.28. The lowest BCUT2D eigenvalue weighted by Gasteiger charge is -2.22. The first-order valence-electron chi connectivity index (χ1n) is 8.90. The zero-order valence-electron chi connectivity index (χ0n) is 15.4. The highest BCUT2D eigenvalue weighted by molar-refractivity contribution is 7.97. The third kappa shape index (κ3) is 4.39. The summed E-state index contributed by atoms with van der Waals surface area (Å²) < 4.78 is 0. The smallest absolute Gasteiger partial charge is 0.216 e. The minimum absolute atomic E-state index is 0.246. The van der Waals surface area contributed by atoms with E-state index in [1.54, 1.807) is 0 Å². The third-order valence-electron chi connectivity index (χ3n) is 4.67. The van der Waals surface area contributed by atoms with E-state index < -0.39 is 0 Å². The van der Waals surface area contributed by atoms with E-state index in [9.17, 15) is 4.79 Å². The molecule has 28 heavy (non-hydrogen) atoms. The van der Waals surface area contributed by atoms with Gasteiger partial charge in [0.2, 0.25) is 5.12 Å². The first-order chi connectivity index (χ1) is 13.5. The van der Waals surface area contributed by atoms with E-state index in [-0.39, 0.29) is 11.0 Å². The number of rotatable bonds is 6. The molecule has 3 rings (SSSR count). The highest BCUT2D eigenvalue weighted by Gasteiger charge is 2.25. The molecule has 0 bridgehead atoms. The Bertz CT molecular complexity index is 1050. The van der Waals surface area contributed by atoms with Gasteiger partial charge in [0.05, 0.1) is 12.5 Å². The monoisotopic (exact) mass is 401 g/mol. The van der Waals surface area contributed by atoms with Crippen LogP contribution in [-0.4, -0.2) is 9.98 Å². The number of nitriles is 1. The minimum Gasteiger partial charge on any atom is -0.282 e. The number of carbonyl (C=O) groups excluding carboxylic acids is 1. The summed E-state index contributed by atoms with van der Waals surface area (Å²) in [6, 6.07) is 25.6. The van der Waals surface area contributed by atoms with Gasteiger partial charge in [0, 0.05) is 16.3 Å². The fourth-order valence-corrected chi connectivity index (χ4v) is 3.88. The third-order valence-corrected chi connectivity index (χ3v) is 5.38. The van der Waals surface area contributed by atoms with Gasteiger partial charge in [0.1, 0.15) is 0 Å². The van der Waals surface area contributed by atoms with Gasteiger partial charge in [-0.15, -0.1) is 12.6 Å². The lowest BCUT2D eigenvalue weighted by Crippen LogP contribution is -2.16. The van der Waals surface area contributed by atoms with Crippen molar-refractivity contribution < 1.29 is 4.79 Å². The molecule has 1 atom stereocenters. The molecular formula is C24H19NOS2. The normalized spacial score (nSPS) is 11.5. The molecule has 0 saturated carbocycles. The summed E-state index contributed by atoms with van der Waals surface area (Å²) in [6.07, 6.45) is 0.366. The lowest BCUT2D eigenvalue weighted by molar-refractivity contribution is 0.109. The zero-order chi connectivity index (χ0) is 20.1. The largest absolute Gasteiger partial charge is 0.282 e. The van der Waals surface area contributed by atoms with Gasteiger partial charge in [-0.3, -0.25) is 4.79 Å². The van der Waals surface area contributed by atoms with Crippen molar-refractivity contribution in [3.05, 3.63) is 106 Å². The van der Waals surface area contributed by atoms with Crippen LogP contribution in [0.2, 0.25) is 0 Å². The van der Waals surface area contributed by atoms with E-state index in [1.165, 1.54) is 0 Å². The summed E-state index contributed by atoms with van der Waals surface area (Å²) >= 11 is 9.98. The minimum atomic E-state index is -0.275. The Kier molecular flexibility index (Phi) is 6.41. The number of hydrogen-bond acceptors (Lipinski definition) is 3. The number of nitrogens with zero attached hydrogens (tertiary/aromatic N) is 1. The average molecular weight is 402 g/mol. The average Bonchev–Trinajstić information content (AvgIpc) is 2.69. The molecule has 0 fully saturated rings. The number of carbonyl (C=O) groups is 1. The van der Waals surface area contributed by atoms with Gasteiger partial charge in [0.15, 0.2) is 0 Å². The Morgan fingerprint density at radius 1 is 1.07 bits per heavy atom. The fraction of sp³-hybridized carbons (Fsp3) is 0.125. The number of thiocarbonyl (C=S) groups is 1. The predicted octanol–water partition coefficient (Wildman–Crippen LogP) is 5.68. The molecule has 0 amide bonds. The van der Waals surface area contributed by atoms with Crippen LogP contribution in [0, 0.1) is 18.3 Å². The van der Waals surface area contributed by atoms with Gasteiger partial charge in [-0.2, -0.15) is 5.26 Å². The summed E-state index contributed by atoms with van der Waals surface area (Å²) in [6.45, 7) is 2.00. The van der Waals surface area contributed by atoms with Gasteiger partial charge < -0.3 is 0 Å². The second-order valence-electron chi connectivity index (χ2n) is 6.64. The highest BCUT2D eigenvalue weighted by Crippen LogP contribution is 2.33. The van der Waals surface area contributed by atoms with Crippen molar-refractivity contribution in [1.82, 2.24) is 0 Å². The maximum Gasteiger partial charge on any atom is 0.216 e. The maximum atomic E-state index is 12.2. The van der Waals surface area contributed by atoms with Crippen molar-refractivity contribution in [3.63, 3.8) is 0 Å². The molecule has 4 heteroatoms. The van der Waals surface area contributed by atoms with E-state index in [2.05, 4.69) is 18.7 Å². The molecule has 0 aliphatic heterocycles. The molecule has 0 radical (unpaired) electrons. The molecule has 0 heterocycles. The number of benzene rings is 3. The van der Waals surface area contributed by atoms with Gasteiger partial charge in [-0.1, -0.05) is 84.5 Å². The first-order valence-corrected chi connectivity index (χ1v) is 9.75. The summed E-state index contributed by atoms with van der Waals surface area (Å²) in [5.41, 5.74) is 5.36. The van der Waals surface area contributed by atoms with Crippen molar-refractivity contribution in [2.24, 2.45) is 0 Å². The van der Waals surface area contributed by atoms with Crippen LogP contribution in [0.15, 0.2) is 72.8 Å². The molecule has 0 aliphatic rings. The van der Waals surface area contributed by atoms with Crippen LogP contribution in [0.3, 0.4) is 0 Å². The van der Waals surface area contributed by atoms with Crippen LogP contribution in [0.4, 0.5) is 0 Å². The molecule has 0 saturated heterocycles. The molecule has 1 unspecified atom stereocenters. The second-order valence-corrected chi connectivity index (χ2v) is 7.48. The van der Waals surface area contributed by atoms with Crippen LogP contribution in [-0.2, 0) is 6.42 Å². The summed E-state index contributed by atoms with van der Waals surface area (Å²) in [7, 11) is 0. The second kappa shape index (κ2) is 8.97. The lowest BCUT2D eigenvalue weighted by atomic mass is 9.82. The summed E-state index contributed by atoms with van der Waals surface area (Å²) in [4.78, 5) is 12.9. The van der Waals surface area contributed by atoms with Crippen molar-refractivity contribution >= 4 is 34.8 Å². The van der Waals surface area contributed by atoms with Crippen LogP contribution in [0.5, 0.6) is 0 Å². The SMILES string of the molecule is Cc1ccc(C(=O)S)c(C(C(=S)c2ccc(CC#N)cc2)c2ccccc2)c1. The van der Waals surface area contributed by atoms with E-state index >= 15 is 0 Å². The molecule has 3 aromatic rings. The van der Waals surface area contributed by atoms with Crippen LogP contribution < -0.4 is 0 Å². The Balaban J connectivity index is 2.14. The van der Waals surface area contributed by atoms with Gasteiger partial charge in [-0.05, 0) is 35.2 Å². The van der Waals surface area contributed by atoms with Crippen molar-refractivity contribution in [1.29, 1.82) is 5.26 Å². The van der Waals surface area contributed by atoms with E-state index in [0.29, 0.717) is 12.0 Å². The maximum absolute atomic E-state index is 12.2. The van der Waals surface area contributed by atoms with Gasteiger partial charge in [-0.25, -0.2) is 0 Å². The van der Waals surface area contributed by atoms with Crippen molar-refractivity contribution in [2.45, 2.75) is 19.3 Å². The molecule has 0 aliphatic carbocycles. The molecule has 0 N–H and O–H groups in total. The topological polar surface area (TPSA) is 40.9 Å². The van der Waals surface area contributed by atoms with E-state index in [0.717, 1.165) is 32.7 Å². The highest BCUT2D eigenvalue weighted by atomic mass is 32.1. The Morgan fingerprint density at radius 3 is 2.36 bits per heavy atom. The first kappa shape index (κ1) is 20.0. The molecule has 0 spiro atoms. The summed E-state index contributed by atoms with van der Waals surface area (Å²) in [5.74, 6) is -0.246. The quantitative estimate of drug-likeness (QED) is 0.328. The molecular weight excluding hydrogens is 382 g/mol. The van der Waals surface area contributed by atoms with Crippen molar-refractivity contribution in [3.8, 4) is 6.07 Å². The Hall–Kier alpha value is -2.74. The van der Waals surface area contributed by atoms with Crippen LogP contribution in [0.25, 0.3) is 0 Å². The van der Waals surface area contributed by atoms with Gasteiger partial charge >= 0.3 is 0 Å². The van der Waals surface area contributed by atoms with Crippen molar-refractivity contribution in [2.75, 3.05) is 0 Å². The van der Waals surface area contributed by atoms with Crippen LogP contribution >= 0.6 is 24.8 Å². The summed E-state index contributed by atoms with van der Waals surface area (Å²) in [5, 5.41) is 8.60. The Morgan fingerprint density at radius 2 is 1.75 bits per heavy atom. The van der Waals surface area contributed by atoms with E-state index in [1.807, 2.05) is 79.7 Å². The zero-order valence-corrected chi connectivity index (χ0v) is 17.1. The predicted molar refractivity (Wildman–Crippen MR) is 120 cm³/mol.